The highest BCUT2D eigenvalue weighted by Crippen LogP contribution is 2.14. The van der Waals surface area contributed by atoms with Crippen molar-refractivity contribution in [2.75, 3.05) is 33.4 Å². The molecule has 84 valence electrons. The van der Waals surface area contributed by atoms with E-state index in [4.69, 9.17) is 9.47 Å². The molecular formula is C11H23NO2. The summed E-state index contributed by atoms with van der Waals surface area (Å²) < 4.78 is 10.8. The lowest BCUT2D eigenvalue weighted by molar-refractivity contribution is 0.000769. The molecule has 14 heavy (non-hydrogen) atoms. The van der Waals surface area contributed by atoms with Crippen molar-refractivity contribution in [3.63, 3.8) is 0 Å². The SMILES string of the molecule is COCCCCOC1CNCCC1C. The van der Waals surface area contributed by atoms with E-state index in [1.54, 1.807) is 7.11 Å². The number of unbranched alkanes of at least 4 members (excludes halogenated alkanes) is 1. The largest absolute Gasteiger partial charge is 0.385 e. The van der Waals surface area contributed by atoms with E-state index in [0.29, 0.717) is 12.0 Å². The van der Waals surface area contributed by atoms with Gasteiger partial charge < -0.3 is 14.8 Å². The summed E-state index contributed by atoms with van der Waals surface area (Å²) in [7, 11) is 1.74. The van der Waals surface area contributed by atoms with Gasteiger partial charge in [-0.2, -0.15) is 0 Å². The van der Waals surface area contributed by atoms with Gasteiger partial charge in [-0.3, -0.25) is 0 Å². The Bertz CT molecular complexity index is 141. The van der Waals surface area contributed by atoms with Crippen molar-refractivity contribution < 1.29 is 9.47 Å². The highest BCUT2D eigenvalue weighted by Gasteiger charge is 2.20. The van der Waals surface area contributed by atoms with Gasteiger partial charge in [-0.25, -0.2) is 0 Å². The van der Waals surface area contributed by atoms with Crippen molar-refractivity contribution in [3.05, 3.63) is 0 Å². The van der Waals surface area contributed by atoms with Crippen LogP contribution in [-0.2, 0) is 9.47 Å². The molecule has 1 fully saturated rings. The molecule has 1 heterocycles. The Morgan fingerprint density at radius 2 is 2.07 bits per heavy atom. The summed E-state index contributed by atoms with van der Waals surface area (Å²) in [6, 6.07) is 0. The first-order valence-electron chi connectivity index (χ1n) is 5.66. The molecule has 1 N–H and O–H groups in total. The van der Waals surface area contributed by atoms with Crippen LogP contribution in [0.3, 0.4) is 0 Å². The van der Waals surface area contributed by atoms with Crippen LogP contribution in [0.15, 0.2) is 0 Å². The highest BCUT2D eigenvalue weighted by atomic mass is 16.5. The van der Waals surface area contributed by atoms with E-state index in [-0.39, 0.29) is 0 Å². The van der Waals surface area contributed by atoms with Crippen molar-refractivity contribution in [2.45, 2.75) is 32.3 Å². The maximum atomic E-state index is 5.82. The quantitative estimate of drug-likeness (QED) is 0.659. The predicted molar refractivity (Wildman–Crippen MR) is 57.5 cm³/mol. The number of ether oxygens (including phenoxy) is 2. The van der Waals surface area contributed by atoms with Crippen LogP contribution in [0.5, 0.6) is 0 Å². The van der Waals surface area contributed by atoms with Gasteiger partial charge in [-0.1, -0.05) is 6.92 Å². The molecule has 2 unspecified atom stereocenters. The number of hydrogen-bond donors (Lipinski definition) is 1. The van der Waals surface area contributed by atoms with E-state index in [0.717, 1.165) is 39.1 Å². The van der Waals surface area contributed by atoms with Crippen molar-refractivity contribution in [3.8, 4) is 0 Å². The van der Waals surface area contributed by atoms with Gasteiger partial charge in [0.1, 0.15) is 0 Å². The maximum Gasteiger partial charge on any atom is 0.0725 e. The summed E-state index contributed by atoms with van der Waals surface area (Å²) in [6.45, 7) is 6.17. The van der Waals surface area contributed by atoms with Gasteiger partial charge in [0.2, 0.25) is 0 Å². The maximum absolute atomic E-state index is 5.82. The lowest BCUT2D eigenvalue weighted by Gasteiger charge is -2.29. The smallest absolute Gasteiger partial charge is 0.0725 e. The third-order valence-electron chi connectivity index (χ3n) is 2.83. The van der Waals surface area contributed by atoms with E-state index in [2.05, 4.69) is 12.2 Å². The minimum Gasteiger partial charge on any atom is -0.385 e. The van der Waals surface area contributed by atoms with Gasteiger partial charge in [0.05, 0.1) is 6.10 Å². The summed E-state index contributed by atoms with van der Waals surface area (Å²) in [5.41, 5.74) is 0. The fourth-order valence-electron chi connectivity index (χ4n) is 1.77. The van der Waals surface area contributed by atoms with E-state index < -0.39 is 0 Å². The van der Waals surface area contributed by atoms with Gasteiger partial charge in [0, 0.05) is 26.9 Å². The second kappa shape index (κ2) is 7.21. The Morgan fingerprint density at radius 1 is 1.29 bits per heavy atom. The Balaban J connectivity index is 1.99. The van der Waals surface area contributed by atoms with Crippen LogP contribution < -0.4 is 5.32 Å². The molecule has 0 amide bonds. The van der Waals surface area contributed by atoms with Crippen molar-refractivity contribution in [1.82, 2.24) is 5.32 Å². The molecule has 0 aromatic carbocycles. The van der Waals surface area contributed by atoms with Gasteiger partial charge in [0.15, 0.2) is 0 Å². The number of rotatable bonds is 6. The van der Waals surface area contributed by atoms with Crippen LogP contribution in [0.1, 0.15) is 26.2 Å². The average molecular weight is 201 g/mol. The fourth-order valence-corrected chi connectivity index (χ4v) is 1.77. The van der Waals surface area contributed by atoms with E-state index in [1.165, 1.54) is 6.42 Å². The molecular weight excluding hydrogens is 178 g/mol. The van der Waals surface area contributed by atoms with E-state index in [9.17, 15) is 0 Å². The average Bonchev–Trinajstić information content (AvgIpc) is 2.20. The minimum absolute atomic E-state index is 0.422. The summed E-state index contributed by atoms with van der Waals surface area (Å²) in [5.74, 6) is 0.707. The van der Waals surface area contributed by atoms with Crippen molar-refractivity contribution >= 4 is 0 Å². The first-order valence-corrected chi connectivity index (χ1v) is 5.66. The van der Waals surface area contributed by atoms with Crippen molar-refractivity contribution in [1.29, 1.82) is 0 Å². The molecule has 0 bridgehead atoms. The summed E-state index contributed by atoms with van der Waals surface area (Å²) in [6.07, 6.45) is 3.87. The molecule has 3 nitrogen and oxygen atoms in total. The molecule has 1 saturated heterocycles. The molecule has 2 atom stereocenters. The number of hydrogen-bond acceptors (Lipinski definition) is 3. The van der Waals surface area contributed by atoms with Crippen LogP contribution in [0.4, 0.5) is 0 Å². The highest BCUT2D eigenvalue weighted by molar-refractivity contribution is 4.75. The lowest BCUT2D eigenvalue weighted by atomic mass is 9.97. The van der Waals surface area contributed by atoms with E-state index >= 15 is 0 Å². The normalized spacial score (nSPS) is 27.9. The Hall–Kier alpha value is -0.120. The zero-order chi connectivity index (χ0) is 10.2. The summed E-state index contributed by atoms with van der Waals surface area (Å²) >= 11 is 0. The minimum atomic E-state index is 0.422. The monoisotopic (exact) mass is 201 g/mol. The fraction of sp³-hybridized carbons (Fsp3) is 1.00. The van der Waals surface area contributed by atoms with Crippen LogP contribution in [0, 0.1) is 5.92 Å². The third-order valence-corrected chi connectivity index (χ3v) is 2.83. The zero-order valence-corrected chi connectivity index (χ0v) is 9.42. The molecule has 0 radical (unpaired) electrons. The molecule has 1 aliphatic heterocycles. The van der Waals surface area contributed by atoms with Gasteiger partial charge in [0.25, 0.3) is 0 Å². The first kappa shape index (κ1) is 12.0. The van der Waals surface area contributed by atoms with Crippen LogP contribution in [-0.4, -0.2) is 39.5 Å². The number of piperidine rings is 1. The van der Waals surface area contributed by atoms with Gasteiger partial charge >= 0.3 is 0 Å². The second-order valence-corrected chi connectivity index (χ2v) is 4.08. The lowest BCUT2D eigenvalue weighted by Crippen LogP contribution is -2.41. The van der Waals surface area contributed by atoms with Crippen LogP contribution >= 0.6 is 0 Å². The van der Waals surface area contributed by atoms with E-state index in [1.807, 2.05) is 0 Å². The molecule has 0 aromatic rings. The molecule has 1 aliphatic rings. The summed E-state index contributed by atoms with van der Waals surface area (Å²) in [4.78, 5) is 0. The number of nitrogens with one attached hydrogen (secondary N) is 1. The molecule has 0 aromatic heterocycles. The summed E-state index contributed by atoms with van der Waals surface area (Å²) in [5, 5.41) is 3.37. The Morgan fingerprint density at radius 3 is 2.79 bits per heavy atom. The number of methoxy groups -OCH3 is 1. The Kier molecular flexibility index (Phi) is 6.15. The van der Waals surface area contributed by atoms with Crippen molar-refractivity contribution in [2.24, 2.45) is 5.92 Å². The molecule has 3 heteroatoms. The predicted octanol–water partition coefficient (Wildman–Crippen LogP) is 1.43. The van der Waals surface area contributed by atoms with Gasteiger partial charge in [-0.05, 0) is 31.7 Å². The topological polar surface area (TPSA) is 30.5 Å². The Labute approximate surface area is 87.2 Å². The van der Waals surface area contributed by atoms with Gasteiger partial charge in [-0.15, -0.1) is 0 Å². The zero-order valence-electron chi connectivity index (χ0n) is 9.42. The first-order chi connectivity index (χ1) is 6.84. The molecule has 0 aliphatic carbocycles. The van der Waals surface area contributed by atoms with Crippen LogP contribution in [0.2, 0.25) is 0 Å². The second-order valence-electron chi connectivity index (χ2n) is 4.08. The third kappa shape index (κ3) is 4.40. The molecule has 0 spiro atoms. The molecule has 1 rings (SSSR count). The molecule has 0 saturated carbocycles. The standard InChI is InChI=1S/C11H23NO2/c1-10-5-6-12-9-11(10)14-8-4-3-7-13-2/h10-12H,3-9H2,1-2H3. The van der Waals surface area contributed by atoms with Crippen LogP contribution in [0.25, 0.3) is 0 Å².